The molecule has 0 spiro atoms. The van der Waals surface area contributed by atoms with Crippen LogP contribution in [0.25, 0.3) is 65.3 Å². The molecule has 8 aromatic carbocycles. The summed E-state index contributed by atoms with van der Waals surface area (Å²) in [5, 5.41) is 10.7. The Bertz CT molecular complexity index is 2280. The Labute approximate surface area is 338 Å². The van der Waals surface area contributed by atoms with Gasteiger partial charge in [-0.25, -0.2) is 0 Å². The molecule has 0 nitrogen and oxygen atoms in total. The summed E-state index contributed by atoms with van der Waals surface area (Å²) in [4.78, 5) is 0. The van der Waals surface area contributed by atoms with Gasteiger partial charge in [0.05, 0.1) is 0 Å². The van der Waals surface area contributed by atoms with Crippen molar-refractivity contribution in [2.24, 2.45) is 0 Å². The molecular weight excluding hydrogens is 767 g/mol. The van der Waals surface area contributed by atoms with Gasteiger partial charge in [-0.2, -0.15) is 12.1 Å². The minimum absolute atomic E-state index is 0. The topological polar surface area (TPSA) is 0 Å². The third-order valence-electron chi connectivity index (χ3n) is 9.47. The van der Waals surface area contributed by atoms with E-state index >= 15 is 0 Å². The van der Waals surface area contributed by atoms with Crippen molar-refractivity contribution in [3.05, 3.63) is 156 Å². The number of aryl methyl sites for hydroxylation is 2. The van der Waals surface area contributed by atoms with E-state index in [1.165, 1.54) is 87.6 Å². The molecule has 0 bridgehead atoms. The van der Waals surface area contributed by atoms with E-state index in [1.54, 1.807) is 23.3 Å². The van der Waals surface area contributed by atoms with Crippen molar-refractivity contribution in [1.82, 2.24) is 0 Å². The van der Waals surface area contributed by atoms with Crippen LogP contribution >= 0.6 is 0 Å². The Balaban J connectivity index is 0.000000204. The monoisotopic (exact) mass is 812 g/mol. The molecule has 0 unspecified atom stereocenters. The van der Waals surface area contributed by atoms with Gasteiger partial charge in [0, 0.05) is 0 Å². The van der Waals surface area contributed by atoms with Crippen LogP contribution in [0.5, 0.6) is 0 Å². The molecule has 0 radical (unpaired) electrons. The largest absolute Gasteiger partial charge is 1.00 e. The van der Waals surface area contributed by atoms with Crippen LogP contribution in [0.1, 0.15) is 61.8 Å². The van der Waals surface area contributed by atoms with Gasteiger partial charge in [-0.3, -0.25) is 0 Å². The summed E-state index contributed by atoms with van der Waals surface area (Å²) in [5.41, 5.74) is 11.1. The van der Waals surface area contributed by atoms with Crippen molar-refractivity contribution in [3.63, 3.8) is 0 Å². The zero-order valence-corrected chi connectivity index (χ0v) is 36.6. The van der Waals surface area contributed by atoms with Gasteiger partial charge < -0.3 is 24.8 Å². The van der Waals surface area contributed by atoms with Crippen molar-refractivity contribution in [1.29, 1.82) is 0 Å². The predicted molar refractivity (Wildman–Crippen MR) is 220 cm³/mol. The SMILES string of the molecule is C[Si](C)=[Zr+2].Cc1cc2c(-c3cccc4ccccc34)cc(C(C)C)cc2[cH-]1.Cc1cc2c(-c3cccc4ccccc34)cc(C(C)C)cc2[cH-]1.[Cl-].[Cl-]. The third kappa shape index (κ3) is 9.26. The van der Waals surface area contributed by atoms with E-state index in [-0.39, 0.29) is 30.2 Å². The van der Waals surface area contributed by atoms with Gasteiger partial charge in [-0.1, -0.05) is 161 Å². The fourth-order valence-electron chi connectivity index (χ4n) is 7.02. The van der Waals surface area contributed by atoms with Crippen LogP contribution in [0.3, 0.4) is 0 Å². The van der Waals surface area contributed by atoms with E-state index in [2.05, 4.69) is 188 Å². The van der Waals surface area contributed by atoms with Crippen molar-refractivity contribution >= 4 is 48.5 Å². The molecule has 4 heteroatoms. The first kappa shape index (κ1) is 41.5. The third-order valence-corrected chi connectivity index (χ3v) is 9.47. The molecule has 0 fully saturated rings. The summed E-state index contributed by atoms with van der Waals surface area (Å²) < 4.78 is 0. The Morgan fingerprint density at radius 2 is 0.808 bits per heavy atom. The summed E-state index contributed by atoms with van der Waals surface area (Å²) in [5.74, 6) is 1.06. The van der Waals surface area contributed by atoms with Gasteiger partial charge in [0.2, 0.25) is 0 Å². The Kier molecular flexibility index (Phi) is 14.5. The van der Waals surface area contributed by atoms with E-state index in [4.69, 9.17) is 0 Å². The van der Waals surface area contributed by atoms with Crippen LogP contribution in [0, 0.1) is 13.8 Å². The molecule has 264 valence electrons. The smallest absolute Gasteiger partial charge is 0.0114 e. The molecule has 8 aromatic rings. The number of hydrogen-bond donors (Lipinski definition) is 0. The standard InChI is InChI=1S/2C23H21.C2H6Si.2ClH.Zr/c2*1-15(2)18-13-19-11-16(3)12-22(19)23(14-18)21-10-6-8-17-7-4-5-9-20(17)21;1-3-2;;;/h2*4-15H,1-3H3;1-2H3;2*1H;/q2*-1;;;;+2/p-2. The van der Waals surface area contributed by atoms with Gasteiger partial charge in [0.1, 0.15) is 0 Å². The van der Waals surface area contributed by atoms with E-state index in [0.717, 1.165) is 0 Å². The van der Waals surface area contributed by atoms with E-state index < -0.39 is 0 Å². The molecular formula is C48H48Cl2SiZr-2. The molecule has 0 saturated carbocycles. The molecule has 0 aliphatic rings. The maximum atomic E-state index is 2.38. The van der Waals surface area contributed by atoms with E-state index in [0.29, 0.717) is 11.8 Å². The second-order valence-electron chi connectivity index (χ2n) is 14.6. The van der Waals surface area contributed by atoms with Crippen molar-refractivity contribution < 1.29 is 48.1 Å². The summed E-state index contributed by atoms with van der Waals surface area (Å²) in [7, 11) is 0. The average Bonchev–Trinajstić information content (AvgIpc) is 3.67. The van der Waals surface area contributed by atoms with Gasteiger partial charge in [0.25, 0.3) is 0 Å². The molecule has 0 heterocycles. The van der Waals surface area contributed by atoms with Crippen molar-refractivity contribution in [2.45, 2.75) is 66.5 Å². The van der Waals surface area contributed by atoms with Crippen molar-refractivity contribution in [2.75, 3.05) is 0 Å². The average molecular weight is 815 g/mol. The molecule has 0 N–H and O–H groups in total. The zero-order valence-electron chi connectivity index (χ0n) is 31.6. The fraction of sp³-hybridized carbons (Fsp3) is 0.208. The van der Waals surface area contributed by atoms with Crippen LogP contribution in [0.2, 0.25) is 13.1 Å². The second-order valence-corrected chi connectivity index (χ2v) is 23.9. The summed E-state index contributed by atoms with van der Waals surface area (Å²) in [6.07, 6.45) is 0. The number of benzene rings is 6. The molecule has 0 saturated heterocycles. The minimum Gasteiger partial charge on any atom is -1.00 e. The molecule has 8 rings (SSSR count). The first-order valence-electron chi connectivity index (χ1n) is 17.9. The Hall–Kier alpha value is -3.26. The predicted octanol–water partition coefficient (Wildman–Crippen LogP) is 8.41. The quantitative estimate of drug-likeness (QED) is 0.124. The normalized spacial score (nSPS) is 10.8. The van der Waals surface area contributed by atoms with Gasteiger partial charge in [0.15, 0.2) is 0 Å². The molecule has 0 aromatic heterocycles. The Morgan fingerprint density at radius 3 is 1.17 bits per heavy atom. The number of hydrogen-bond acceptors (Lipinski definition) is 0. The Morgan fingerprint density at radius 1 is 0.462 bits per heavy atom. The van der Waals surface area contributed by atoms with E-state index in [1.807, 2.05) is 0 Å². The van der Waals surface area contributed by atoms with Crippen LogP contribution in [0.15, 0.2) is 133 Å². The molecule has 0 aliphatic heterocycles. The molecule has 0 aliphatic carbocycles. The van der Waals surface area contributed by atoms with Gasteiger partial charge in [-0.15, -0.1) is 56.9 Å². The van der Waals surface area contributed by atoms with Gasteiger partial charge >= 0.3 is 41.9 Å². The van der Waals surface area contributed by atoms with Crippen LogP contribution in [-0.2, 0) is 23.3 Å². The maximum Gasteiger partial charge on any atom is -0.0114 e. The summed E-state index contributed by atoms with van der Waals surface area (Å²) >= 11 is 1.74. The number of fused-ring (bicyclic) bond motifs is 4. The van der Waals surface area contributed by atoms with Crippen LogP contribution in [0.4, 0.5) is 0 Å². The number of rotatable bonds is 4. The number of halogens is 2. The second kappa shape index (κ2) is 18.2. The molecule has 0 atom stereocenters. The molecule has 52 heavy (non-hydrogen) atoms. The van der Waals surface area contributed by atoms with Crippen molar-refractivity contribution in [3.8, 4) is 22.3 Å². The van der Waals surface area contributed by atoms with Gasteiger partial charge in [-0.05, 0) is 44.5 Å². The van der Waals surface area contributed by atoms with Crippen LogP contribution < -0.4 is 24.8 Å². The summed E-state index contributed by atoms with van der Waals surface area (Å²) in [6, 6.07) is 49.3. The maximum absolute atomic E-state index is 2.38. The first-order valence-corrected chi connectivity index (χ1v) is 24.1. The minimum atomic E-state index is 0. The van der Waals surface area contributed by atoms with E-state index in [9.17, 15) is 0 Å². The van der Waals surface area contributed by atoms with Crippen LogP contribution in [-0.4, -0.2) is 5.43 Å². The molecule has 0 amide bonds. The zero-order chi connectivity index (χ0) is 35.5. The summed E-state index contributed by atoms with van der Waals surface area (Å²) in [6.45, 7) is 18.1. The first-order chi connectivity index (χ1) is 24.0. The fourth-order valence-corrected chi connectivity index (χ4v) is 7.02.